The van der Waals surface area contributed by atoms with Crippen molar-refractivity contribution in [1.29, 1.82) is 0 Å². The van der Waals surface area contributed by atoms with E-state index in [2.05, 4.69) is 26.5 Å². The van der Waals surface area contributed by atoms with Gasteiger partial charge in [0, 0.05) is 5.92 Å². The molecule has 0 heterocycles. The summed E-state index contributed by atoms with van der Waals surface area (Å²) in [5.74, 6) is 0.0846. The molecule has 0 fully saturated rings. The van der Waals surface area contributed by atoms with Crippen molar-refractivity contribution in [1.82, 2.24) is 0 Å². The lowest BCUT2D eigenvalue weighted by atomic mass is 9.97. The second-order valence-electron chi connectivity index (χ2n) is 5.33. The Hall–Kier alpha value is -1.38. The largest absolute Gasteiger partial charge is 0.390 e. The van der Waals surface area contributed by atoms with Gasteiger partial charge in [-0.1, -0.05) is 48.1 Å². The van der Waals surface area contributed by atoms with Crippen LogP contribution in [0.2, 0.25) is 0 Å². The molecule has 1 aromatic rings. The van der Waals surface area contributed by atoms with Crippen LogP contribution in [0, 0.1) is 5.92 Å². The summed E-state index contributed by atoms with van der Waals surface area (Å²) < 4.78 is 5.58. The van der Waals surface area contributed by atoms with Crippen LogP contribution in [0.4, 0.5) is 0 Å². The summed E-state index contributed by atoms with van der Waals surface area (Å²) in [7, 11) is 0. The third-order valence-electron chi connectivity index (χ3n) is 3.25. The Morgan fingerprint density at radius 1 is 1.30 bits per heavy atom. The molecule has 0 amide bonds. The average molecular weight is 274 g/mol. The Balaban J connectivity index is 2.30. The van der Waals surface area contributed by atoms with Crippen molar-refractivity contribution < 1.29 is 9.84 Å². The number of benzene rings is 1. The standard InChI is InChI=1S/C18H26O2/c1-4-17(12-8-9-15(2)3)18(19)14-20-13-16-10-6-5-7-11-16/h4-7,9-11,17-19H,1,8,12-14H2,2-3H3/t17-,18-/m1/s1. The van der Waals surface area contributed by atoms with Crippen LogP contribution in [0.25, 0.3) is 0 Å². The molecule has 20 heavy (non-hydrogen) atoms. The smallest absolute Gasteiger partial charge is 0.0836 e. The van der Waals surface area contributed by atoms with Crippen molar-refractivity contribution in [3.05, 3.63) is 60.2 Å². The van der Waals surface area contributed by atoms with E-state index in [-0.39, 0.29) is 5.92 Å². The Morgan fingerprint density at radius 2 is 2.00 bits per heavy atom. The Kier molecular flexibility index (Phi) is 7.93. The summed E-state index contributed by atoms with van der Waals surface area (Å²) in [5, 5.41) is 10.1. The normalized spacial score (nSPS) is 13.6. The van der Waals surface area contributed by atoms with Gasteiger partial charge < -0.3 is 9.84 Å². The quantitative estimate of drug-likeness (QED) is 0.687. The third-order valence-corrected chi connectivity index (χ3v) is 3.25. The molecule has 1 aromatic carbocycles. The fourth-order valence-corrected chi connectivity index (χ4v) is 2.03. The Bertz CT molecular complexity index is 405. The maximum Gasteiger partial charge on any atom is 0.0836 e. The summed E-state index contributed by atoms with van der Waals surface area (Å²) >= 11 is 0. The second-order valence-corrected chi connectivity index (χ2v) is 5.33. The Labute approximate surface area is 122 Å². The summed E-state index contributed by atoms with van der Waals surface area (Å²) in [6.07, 6.45) is 5.41. The lowest BCUT2D eigenvalue weighted by Gasteiger charge is -2.19. The summed E-state index contributed by atoms with van der Waals surface area (Å²) in [5.41, 5.74) is 2.43. The summed E-state index contributed by atoms with van der Waals surface area (Å²) in [6, 6.07) is 10.00. The molecule has 1 rings (SSSR count). The van der Waals surface area contributed by atoms with E-state index < -0.39 is 6.10 Å². The van der Waals surface area contributed by atoms with E-state index in [1.165, 1.54) is 5.57 Å². The first-order valence-electron chi connectivity index (χ1n) is 7.19. The average Bonchev–Trinajstić information content (AvgIpc) is 2.44. The molecule has 0 saturated carbocycles. The van der Waals surface area contributed by atoms with Crippen molar-refractivity contribution in [2.24, 2.45) is 5.92 Å². The van der Waals surface area contributed by atoms with Crippen LogP contribution in [-0.2, 0) is 11.3 Å². The van der Waals surface area contributed by atoms with Gasteiger partial charge in [-0.2, -0.15) is 0 Å². The highest BCUT2D eigenvalue weighted by molar-refractivity contribution is 5.13. The minimum atomic E-state index is -0.484. The number of aliphatic hydroxyl groups excluding tert-OH is 1. The summed E-state index contributed by atoms with van der Waals surface area (Å²) in [4.78, 5) is 0. The first-order chi connectivity index (χ1) is 9.63. The maximum atomic E-state index is 10.1. The number of allylic oxidation sites excluding steroid dienone is 2. The molecule has 2 heteroatoms. The molecule has 0 radical (unpaired) electrons. The highest BCUT2D eigenvalue weighted by Gasteiger charge is 2.15. The first-order valence-corrected chi connectivity index (χ1v) is 7.19. The number of hydrogen-bond donors (Lipinski definition) is 1. The minimum Gasteiger partial charge on any atom is -0.390 e. The van der Waals surface area contributed by atoms with E-state index in [1.54, 1.807) is 0 Å². The van der Waals surface area contributed by atoms with Gasteiger partial charge in [0.2, 0.25) is 0 Å². The minimum absolute atomic E-state index is 0.0846. The van der Waals surface area contributed by atoms with Gasteiger partial charge in [0.1, 0.15) is 0 Å². The monoisotopic (exact) mass is 274 g/mol. The van der Waals surface area contributed by atoms with Crippen molar-refractivity contribution in [2.75, 3.05) is 6.61 Å². The molecule has 0 aliphatic heterocycles. The van der Waals surface area contributed by atoms with E-state index in [9.17, 15) is 5.11 Å². The topological polar surface area (TPSA) is 29.5 Å². The number of ether oxygens (including phenoxy) is 1. The third kappa shape index (κ3) is 6.69. The predicted octanol–water partition coefficient (Wildman–Crippen LogP) is 4.11. The van der Waals surface area contributed by atoms with Gasteiger partial charge in [0.15, 0.2) is 0 Å². The molecule has 1 N–H and O–H groups in total. The predicted molar refractivity (Wildman–Crippen MR) is 84.5 cm³/mol. The van der Waals surface area contributed by atoms with Gasteiger partial charge in [-0.3, -0.25) is 0 Å². The van der Waals surface area contributed by atoms with Crippen molar-refractivity contribution in [2.45, 2.75) is 39.4 Å². The molecular weight excluding hydrogens is 248 g/mol. The molecule has 2 atom stereocenters. The van der Waals surface area contributed by atoms with Crippen LogP contribution in [0.3, 0.4) is 0 Å². The van der Waals surface area contributed by atoms with Gasteiger partial charge >= 0.3 is 0 Å². The molecule has 0 unspecified atom stereocenters. The van der Waals surface area contributed by atoms with E-state index in [1.807, 2.05) is 36.4 Å². The van der Waals surface area contributed by atoms with Crippen LogP contribution in [0.1, 0.15) is 32.3 Å². The zero-order chi connectivity index (χ0) is 14.8. The van der Waals surface area contributed by atoms with Crippen LogP contribution < -0.4 is 0 Å². The zero-order valence-corrected chi connectivity index (χ0v) is 12.6. The van der Waals surface area contributed by atoms with Gasteiger partial charge in [-0.15, -0.1) is 6.58 Å². The van der Waals surface area contributed by atoms with E-state index in [0.29, 0.717) is 13.2 Å². The molecule has 2 nitrogen and oxygen atoms in total. The van der Waals surface area contributed by atoms with Crippen LogP contribution in [-0.4, -0.2) is 17.8 Å². The van der Waals surface area contributed by atoms with Crippen molar-refractivity contribution in [3.63, 3.8) is 0 Å². The number of hydrogen-bond acceptors (Lipinski definition) is 2. The molecule has 0 aliphatic carbocycles. The van der Waals surface area contributed by atoms with Crippen LogP contribution >= 0.6 is 0 Å². The lowest BCUT2D eigenvalue weighted by molar-refractivity contribution is 0.00693. The molecule has 110 valence electrons. The molecular formula is C18H26O2. The highest BCUT2D eigenvalue weighted by atomic mass is 16.5. The molecule has 0 aromatic heterocycles. The van der Waals surface area contributed by atoms with Gasteiger partial charge in [0.25, 0.3) is 0 Å². The first kappa shape index (κ1) is 16.7. The van der Waals surface area contributed by atoms with Gasteiger partial charge in [-0.25, -0.2) is 0 Å². The molecule has 0 saturated heterocycles. The summed E-state index contributed by atoms with van der Waals surface area (Å²) in [6.45, 7) is 8.87. The van der Waals surface area contributed by atoms with E-state index in [4.69, 9.17) is 4.74 Å². The van der Waals surface area contributed by atoms with Crippen molar-refractivity contribution >= 4 is 0 Å². The molecule has 0 aliphatic rings. The SMILES string of the molecule is C=C[C@H](CCC=C(C)C)[C@H](O)COCc1ccccc1. The fourth-order valence-electron chi connectivity index (χ4n) is 2.03. The second kappa shape index (κ2) is 9.51. The fraction of sp³-hybridized carbons (Fsp3) is 0.444. The maximum absolute atomic E-state index is 10.1. The van der Waals surface area contributed by atoms with Crippen molar-refractivity contribution in [3.8, 4) is 0 Å². The van der Waals surface area contributed by atoms with Crippen LogP contribution in [0.15, 0.2) is 54.6 Å². The Morgan fingerprint density at radius 3 is 2.60 bits per heavy atom. The number of rotatable bonds is 9. The zero-order valence-electron chi connectivity index (χ0n) is 12.6. The van der Waals surface area contributed by atoms with Gasteiger partial charge in [-0.05, 0) is 32.3 Å². The highest BCUT2D eigenvalue weighted by Crippen LogP contribution is 2.15. The number of aliphatic hydroxyl groups is 1. The van der Waals surface area contributed by atoms with Crippen LogP contribution in [0.5, 0.6) is 0 Å². The molecule has 0 bridgehead atoms. The van der Waals surface area contributed by atoms with E-state index >= 15 is 0 Å². The molecule has 0 spiro atoms. The lowest BCUT2D eigenvalue weighted by Crippen LogP contribution is -2.24. The van der Waals surface area contributed by atoms with Gasteiger partial charge in [0.05, 0.1) is 19.3 Å². The van der Waals surface area contributed by atoms with E-state index in [0.717, 1.165) is 18.4 Å².